The number of piperazine rings is 1. The summed E-state index contributed by atoms with van der Waals surface area (Å²) in [7, 11) is 0. The van der Waals surface area contributed by atoms with Gasteiger partial charge in [-0.15, -0.1) is 0 Å². The fourth-order valence-corrected chi connectivity index (χ4v) is 3.38. The normalized spacial score (nSPS) is 27.7. The summed E-state index contributed by atoms with van der Waals surface area (Å²) in [5, 5.41) is 3.76. The van der Waals surface area contributed by atoms with E-state index < -0.39 is 0 Å². The smallest absolute Gasteiger partial charge is 0.0247 e. The fourth-order valence-electron chi connectivity index (χ4n) is 3.38. The molecule has 108 valence electrons. The molecule has 2 heteroatoms. The van der Waals surface area contributed by atoms with Gasteiger partial charge in [-0.3, -0.25) is 4.90 Å². The zero-order chi connectivity index (χ0) is 13.5. The van der Waals surface area contributed by atoms with E-state index in [1.54, 1.807) is 0 Å². The van der Waals surface area contributed by atoms with Crippen LogP contribution >= 0.6 is 0 Å². The predicted octanol–water partition coefficient (Wildman–Crippen LogP) is 3.66. The predicted molar refractivity (Wildman–Crippen MR) is 81.0 cm³/mol. The number of rotatable bonds is 7. The van der Waals surface area contributed by atoms with Gasteiger partial charge in [0.15, 0.2) is 0 Å². The molecule has 1 aliphatic heterocycles. The second kappa shape index (κ2) is 8.16. The molecule has 0 spiro atoms. The van der Waals surface area contributed by atoms with Gasteiger partial charge in [-0.25, -0.2) is 0 Å². The first-order valence-corrected chi connectivity index (χ1v) is 8.13. The van der Waals surface area contributed by atoms with Gasteiger partial charge in [-0.2, -0.15) is 0 Å². The molecule has 0 radical (unpaired) electrons. The Kier molecular flexibility index (Phi) is 7.25. The van der Waals surface area contributed by atoms with Crippen molar-refractivity contribution in [2.24, 2.45) is 5.92 Å². The highest BCUT2D eigenvalue weighted by Gasteiger charge is 2.32. The zero-order valence-electron chi connectivity index (χ0n) is 13.2. The molecule has 2 nitrogen and oxygen atoms in total. The van der Waals surface area contributed by atoms with Gasteiger partial charge in [0.05, 0.1) is 0 Å². The number of nitrogens with zero attached hydrogens (tertiary/aromatic N) is 1. The molecule has 0 aromatic heterocycles. The maximum Gasteiger partial charge on any atom is 0.0247 e. The monoisotopic (exact) mass is 254 g/mol. The van der Waals surface area contributed by atoms with Crippen molar-refractivity contribution < 1.29 is 0 Å². The van der Waals surface area contributed by atoms with Crippen LogP contribution in [-0.2, 0) is 0 Å². The van der Waals surface area contributed by atoms with Gasteiger partial charge < -0.3 is 5.32 Å². The quantitative estimate of drug-likeness (QED) is 0.746. The van der Waals surface area contributed by atoms with E-state index in [2.05, 4.69) is 44.8 Å². The maximum absolute atomic E-state index is 3.76. The molecule has 1 N–H and O–H groups in total. The van der Waals surface area contributed by atoms with E-state index in [0.29, 0.717) is 0 Å². The van der Waals surface area contributed by atoms with E-state index >= 15 is 0 Å². The van der Waals surface area contributed by atoms with Gasteiger partial charge in [0.25, 0.3) is 0 Å². The Morgan fingerprint density at radius 1 is 1.17 bits per heavy atom. The minimum Gasteiger partial charge on any atom is -0.311 e. The van der Waals surface area contributed by atoms with Gasteiger partial charge in [-0.1, -0.05) is 47.5 Å². The second-order valence-electron chi connectivity index (χ2n) is 6.25. The van der Waals surface area contributed by atoms with E-state index in [4.69, 9.17) is 0 Å². The number of hydrogen-bond donors (Lipinski definition) is 1. The van der Waals surface area contributed by atoms with Gasteiger partial charge in [0.2, 0.25) is 0 Å². The Bertz CT molecular complexity index is 215. The molecule has 0 bridgehead atoms. The van der Waals surface area contributed by atoms with Crippen LogP contribution < -0.4 is 5.32 Å². The molecule has 1 fully saturated rings. The van der Waals surface area contributed by atoms with Gasteiger partial charge in [0, 0.05) is 31.2 Å². The molecule has 0 aromatic carbocycles. The third-order valence-corrected chi connectivity index (χ3v) is 4.44. The lowest BCUT2D eigenvalue weighted by Gasteiger charge is -2.46. The summed E-state index contributed by atoms with van der Waals surface area (Å²) in [4.78, 5) is 2.82. The van der Waals surface area contributed by atoms with Crippen LogP contribution in [0.2, 0.25) is 0 Å². The summed E-state index contributed by atoms with van der Waals surface area (Å²) in [6, 6.07) is 2.24. The molecule has 1 rings (SSSR count). The van der Waals surface area contributed by atoms with Crippen LogP contribution in [0.3, 0.4) is 0 Å². The molecule has 18 heavy (non-hydrogen) atoms. The summed E-state index contributed by atoms with van der Waals surface area (Å²) < 4.78 is 0. The standard InChI is InChI=1S/C16H34N2/c1-6-9-14-12-18(15(8-3)10-7-2)16(11-17-14)13(4)5/h13-17H,6-12H2,1-5H3. The van der Waals surface area contributed by atoms with Crippen LogP contribution in [0.4, 0.5) is 0 Å². The van der Waals surface area contributed by atoms with Crippen molar-refractivity contribution in [2.45, 2.75) is 84.8 Å². The summed E-state index contributed by atoms with van der Waals surface area (Å²) in [5.74, 6) is 0.756. The minimum absolute atomic E-state index is 0.718. The average molecular weight is 254 g/mol. The van der Waals surface area contributed by atoms with Crippen molar-refractivity contribution in [3.63, 3.8) is 0 Å². The Morgan fingerprint density at radius 2 is 1.89 bits per heavy atom. The highest BCUT2D eigenvalue weighted by molar-refractivity contribution is 4.90. The second-order valence-corrected chi connectivity index (χ2v) is 6.25. The molecule has 0 aromatic rings. The lowest BCUT2D eigenvalue weighted by Crippen LogP contribution is -2.60. The van der Waals surface area contributed by atoms with Crippen molar-refractivity contribution in [3.05, 3.63) is 0 Å². The Balaban J connectivity index is 2.69. The summed E-state index contributed by atoms with van der Waals surface area (Å²) >= 11 is 0. The maximum atomic E-state index is 3.76. The average Bonchev–Trinajstić information content (AvgIpc) is 2.36. The molecule has 0 aliphatic carbocycles. The topological polar surface area (TPSA) is 15.3 Å². The zero-order valence-corrected chi connectivity index (χ0v) is 13.2. The highest BCUT2D eigenvalue weighted by atomic mass is 15.3. The van der Waals surface area contributed by atoms with Crippen LogP contribution in [-0.4, -0.2) is 36.1 Å². The fraction of sp³-hybridized carbons (Fsp3) is 1.00. The van der Waals surface area contributed by atoms with Crippen molar-refractivity contribution >= 4 is 0 Å². The van der Waals surface area contributed by atoms with E-state index in [0.717, 1.165) is 24.0 Å². The molecule has 0 saturated carbocycles. The first kappa shape index (κ1) is 16.0. The third kappa shape index (κ3) is 4.24. The van der Waals surface area contributed by atoms with E-state index in [-0.39, 0.29) is 0 Å². The van der Waals surface area contributed by atoms with Crippen molar-refractivity contribution in [2.75, 3.05) is 13.1 Å². The molecule has 3 atom stereocenters. The van der Waals surface area contributed by atoms with Crippen molar-refractivity contribution in [1.82, 2.24) is 10.2 Å². The summed E-state index contributed by atoms with van der Waals surface area (Å²) in [5.41, 5.74) is 0. The Morgan fingerprint density at radius 3 is 2.39 bits per heavy atom. The summed E-state index contributed by atoms with van der Waals surface area (Å²) in [6.45, 7) is 14.2. The van der Waals surface area contributed by atoms with E-state index in [1.807, 2.05) is 0 Å². The third-order valence-electron chi connectivity index (χ3n) is 4.44. The molecule has 3 unspecified atom stereocenters. The van der Waals surface area contributed by atoms with Crippen LogP contribution in [0.25, 0.3) is 0 Å². The lowest BCUT2D eigenvalue weighted by molar-refractivity contribution is 0.0475. The van der Waals surface area contributed by atoms with Crippen LogP contribution in [0.5, 0.6) is 0 Å². The Hall–Kier alpha value is -0.0800. The van der Waals surface area contributed by atoms with E-state index in [1.165, 1.54) is 45.2 Å². The largest absolute Gasteiger partial charge is 0.311 e. The highest BCUT2D eigenvalue weighted by Crippen LogP contribution is 2.23. The first-order chi connectivity index (χ1) is 8.63. The first-order valence-electron chi connectivity index (χ1n) is 8.13. The Labute approximate surface area is 115 Å². The van der Waals surface area contributed by atoms with E-state index in [9.17, 15) is 0 Å². The molecular weight excluding hydrogens is 220 g/mol. The molecule has 1 heterocycles. The van der Waals surface area contributed by atoms with Crippen LogP contribution in [0.1, 0.15) is 66.7 Å². The molecule has 0 amide bonds. The molecule has 1 saturated heterocycles. The lowest BCUT2D eigenvalue weighted by atomic mass is 9.93. The van der Waals surface area contributed by atoms with Crippen LogP contribution in [0, 0.1) is 5.92 Å². The van der Waals surface area contributed by atoms with Crippen LogP contribution in [0.15, 0.2) is 0 Å². The molecular formula is C16H34N2. The van der Waals surface area contributed by atoms with Crippen molar-refractivity contribution in [3.8, 4) is 0 Å². The molecule has 1 aliphatic rings. The number of nitrogens with one attached hydrogen (secondary N) is 1. The van der Waals surface area contributed by atoms with Gasteiger partial charge in [0.1, 0.15) is 0 Å². The SMILES string of the molecule is CCCC1CN(C(CC)CCC)C(C(C)C)CN1. The van der Waals surface area contributed by atoms with Gasteiger partial charge in [-0.05, 0) is 25.2 Å². The number of hydrogen-bond acceptors (Lipinski definition) is 2. The minimum atomic E-state index is 0.718. The van der Waals surface area contributed by atoms with Crippen molar-refractivity contribution in [1.29, 1.82) is 0 Å². The van der Waals surface area contributed by atoms with Gasteiger partial charge >= 0.3 is 0 Å². The summed E-state index contributed by atoms with van der Waals surface area (Å²) in [6.07, 6.45) is 6.59.